The Hall–Kier alpha value is -3.58. The van der Waals surface area contributed by atoms with E-state index in [9.17, 15) is 0 Å². The maximum atomic E-state index is 6.23. The Morgan fingerprint density at radius 3 is 2.78 bits per heavy atom. The lowest BCUT2D eigenvalue weighted by molar-refractivity contribution is 0.305. The first-order chi connectivity index (χ1) is 17.7. The smallest absolute Gasteiger partial charge is 0.229 e. The topological polar surface area (TPSA) is 68.1 Å². The lowest BCUT2D eigenvalue weighted by atomic mass is 9.97. The van der Waals surface area contributed by atoms with Crippen LogP contribution in [0.1, 0.15) is 48.4 Å². The molecule has 36 heavy (non-hydrogen) atoms. The summed E-state index contributed by atoms with van der Waals surface area (Å²) in [6, 6.07) is 16.7. The van der Waals surface area contributed by atoms with E-state index >= 15 is 0 Å². The number of imidazole rings is 1. The molecule has 0 fully saturated rings. The molecule has 4 bridgehead atoms. The van der Waals surface area contributed by atoms with E-state index in [2.05, 4.69) is 52.6 Å². The van der Waals surface area contributed by atoms with Crippen molar-refractivity contribution in [2.45, 2.75) is 38.0 Å². The molecule has 0 spiro atoms. The molecular formula is C28H29ClN6O. The molecule has 1 aliphatic carbocycles. The van der Waals surface area contributed by atoms with Crippen LogP contribution in [0.3, 0.4) is 0 Å². The number of nitrogens with zero attached hydrogens (tertiary/aromatic N) is 5. The first kappa shape index (κ1) is 22.9. The van der Waals surface area contributed by atoms with Crippen molar-refractivity contribution in [3.8, 4) is 11.4 Å². The van der Waals surface area contributed by atoms with Gasteiger partial charge in [0.05, 0.1) is 18.0 Å². The normalized spacial score (nSPS) is 17.6. The van der Waals surface area contributed by atoms with Gasteiger partial charge in [0.25, 0.3) is 0 Å². The number of nitrogens with one attached hydrogen (secondary N) is 1. The Labute approximate surface area is 216 Å². The fourth-order valence-electron chi connectivity index (χ4n) is 5.22. The summed E-state index contributed by atoms with van der Waals surface area (Å²) in [6.45, 7) is 1.60. The van der Waals surface area contributed by atoms with Crippen molar-refractivity contribution in [1.29, 1.82) is 0 Å². The average molecular weight is 501 g/mol. The second kappa shape index (κ2) is 9.82. The first-order valence-corrected chi connectivity index (χ1v) is 12.9. The maximum absolute atomic E-state index is 6.23. The van der Waals surface area contributed by atoms with Gasteiger partial charge in [0.2, 0.25) is 5.95 Å². The summed E-state index contributed by atoms with van der Waals surface area (Å²) in [5, 5.41) is 3.91. The van der Waals surface area contributed by atoms with Crippen molar-refractivity contribution in [2.24, 2.45) is 0 Å². The Balaban J connectivity index is 1.42. The minimum atomic E-state index is 0.281. The highest BCUT2D eigenvalue weighted by Crippen LogP contribution is 2.41. The molecule has 1 atom stereocenters. The third kappa shape index (κ3) is 4.51. The first-order valence-electron chi connectivity index (χ1n) is 12.6. The molecule has 7 nitrogen and oxygen atoms in total. The van der Waals surface area contributed by atoms with Crippen LogP contribution in [0.4, 0.5) is 17.5 Å². The quantitative estimate of drug-likeness (QED) is 0.357. The van der Waals surface area contributed by atoms with Crippen LogP contribution in [0, 0.1) is 0 Å². The summed E-state index contributed by atoms with van der Waals surface area (Å²) >= 11 is 6.08. The van der Waals surface area contributed by atoms with E-state index in [-0.39, 0.29) is 5.92 Å². The van der Waals surface area contributed by atoms with E-state index in [0.717, 1.165) is 67.3 Å². The molecule has 2 aliphatic rings. The van der Waals surface area contributed by atoms with Gasteiger partial charge in [-0.25, -0.2) is 9.97 Å². The molecule has 2 aromatic carbocycles. The molecule has 4 aromatic rings. The van der Waals surface area contributed by atoms with Gasteiger partial charge < -0.3 is 19.5 Å². The highest BCUT2D eigenvalue weighted by Gasteiger charge is 2.30. The fraction of sp³-hybridized carbons (Fsp3) is 0.321. The predicted octanol–water partition coefficient (Wildman–Crippen LogP) is 6.14. The number of rotatable bonds is 2. The minimum absolute atomic E-state index is 0.281. The lowest BCUT2D eigenvalue weighted by Crippen LogP contribution is -2.22. The van der Waals surface area contributed by atoms with Crippen molar-refractivity contribution in [2.75, 3.05) is 30.4 Å². The summed E-state index contributed by atoms with van der Waals surface area (Å²) in [5.74, 6) is 2.70. The van der Waals surface area contributed by atoms with E-state index in [0.29, 0.717) is 17.7 Å². The van der Waals surface area contributed by atoms with Crippen molar-refractivity contribution >= 4 is 29.1 Å². The van der Waals surface area contributed by atoms with E-state index < -0.39 is 0 Å². The van der Waals surface area contributed by atoms with Gasteiger partial charge in [-0.1, -0.05) is 41.9 Å². The molecule has 0 radical (unpaired) electrons. The molecule has 2 aromatic heterocycles. The highest BCUT2D eigenvalue weighted by atomic mass is 35.5. The largest absolute Gasteiger partial charge is 0.491 e. The third-order valence-electron chi connectivity index (χ3n) is 7.03. The molecule has 1 unspecified atom stereocenters. The SMILES string of the molecule is CN1CCCCCOc2cc(ccc2-n2cnc(Cl)c2)Nc2nc3c(c1n2)CCC3c1ccccc1. The Bertz CT molecular complexity index is 1370. The third-order valence-corrected chi connectivity index (χ3v) is 7.23. The predicted molar refractivity (Wildman–Crippen MR) is 143 cm³/mol. The van der Waals surface area contributed by atoms with E-state index in [1.807, 2.05) is 22.8 Å². The van der Waals surface area contributed by atoms with Crippen molar-refractivity contribution in [1.82, 2.24) is 19.5 Å². The lowest BCUT2D eigenvalue weighted by Gasteiger charge is -2.23. The van der Waals surface area contributed by atoms with Crippen molar-refractivity contribution in [3.63, 3.8) is 0 Å². The van der Waals surface area contributed by atoms with Gasteiger partial charge in [0.1, 0.15) is 23.0 Å². The van der Waals surface area contributed by atoms with Gasteiger partial charge in [-0.15, -0.1) is 0 Å². The van der Waals surface area contributed by atoms with Gasteiger partial charge in [-0.05, 0) is 49.8 Å². The zero-order valence-corrected chi connectivity index (χ0v) is 21.1. The summed E-state index contributed by atoms with van der Waals surface area (Å²) in [6.07, 6.45) is 8.68. The van der Waals surface area contributed by atoms with Gasteiger partial charge in [-0.3, -0.25) is 0 Å². The van der Waals surface area contributed by atoms with Crippen LogP contribution in [0.25, 0.3) is 5.69 Å². The number of halogens is 1. The molecular weight excluding hydrogens is 472 g/mol. The number of benzene rings is 2. The number of anilines is 3. The van der Waals surface area contributed by atoms with Crippen LogP contribution in [-0.4, -0.2) is 39.7 Å². The Morgan fingerprint density at radius 1 is 1.06 bits per heavy atom. The molecule has 1 N–H and O–H groups in total. The number of fused-ring (bicyclic) bond motifs is 6. The zero-order chi connectivity index (χ0) is 24.5. The second-order valence-electron chi connectivity index (χ2n) is 9.48. The monoisotopic (exact) mass is 500 g/mol. The molecule has 8 heteroatoms. The summed E-state index contributed by atoms with van der Waals surface area (Å²) < 4.78 is 8.11. The van der Waals surface area contributed by atoms with Crippen LogP contribution >= 0.6 is 11.6 Å². The maximum Gasteiger partial charge on any atom is 0.229 e. The van der Waals surface area contributed by atoms with Crippen molar-refractivity contribution < 1.29 is 4.74 Å². The Kier molecular flexibility index (Phi) is 6.23. The van der Waals surface area contributed by atoms with Gasteiger partial charge in [-0.2, -0.15) is 4.98 Å². The summed E-state index contributed by atoms with van der Waals surface area (Å²) in [4.78, 5) is 16.5. The van der Waals surface area contributed by atoms with E-state index in [4.69, 9.17) is 26.3 Å². The summed E-state index contributed by atoms with van der Waals surface area (Å²) in [7, 11) is 2.15. The number of hydrogen-bond acceptors (Lipinski definition) is 6. The van der Waals surface area contributed by atoms with Crippen LogP contribution in [0.2, 0.25) is 5.15 Å². The molecule has 0 amide bonds. The molecule has 3 heterocycles. The second-order valence-corrected chi connectivity index (χ2v) is 9.87. The molecule has 0 saturated carbocycles. The highest BCUT2D eigenvalue weighted by molar-refractivity contribution is 6.29. The van der Waals surface area contributed by atoms with E-state index in [1.54, 1.807) is 12.5 Å². The minimum Gasteiger partial charge on any atom is -0.491 e. The molecule has 184 valence electrons. The van der Waals surface area contributed by atoms with E-state index in [1.165, 1.54) is 11.1 Å². The number of aromatic nitrogens is 4. The number of hydrogen-bond donors (Lipinski definition) is 1. The molecule has 6 rings (SSSR count). The van der Waals surface area contributed by atoms with Crippen LogP contribution in [0.5, 0.6) is 5.75 Å². The molecule has 0 saturated heterocycles. The standard InChI is InChI=1S/C28H29ClN6O/c1-34-14-6-3-7-15-36-24-16-20(10-13-23(24)35-17-25(29)30-18-35)31-28-32-26-21(19-8-4-2-5-9-19)11-12-22(26)27(34)33-28/h2,4-5,8-10,13,16-18,21H,3,6-7,11-12,14-15H2,1H3,(H,31,32,33). The number of ether oxygens (including phenoxy) is 1. The fourth-order valence-corrected chi connectivity index (χ4v) is 5.37. The van der Waals surface area contributed by atoms with Crippen LogP contribution in [0.15, 0.2) is 61.1 Å². The van der Waals surface area contributed by atoms with Gasteiger partial charge in [0.15, 0.2) is 0 Å². The van der Waals surface area contributed by atoms with Gasteiger partial charge in [0, 0.05) is 43.0 Å². The van der Waals surface area contributed by atoms with Crippen LogP contribution in [-0.2, 0) is 6.42 Å². The molecule has 1 aliphatic heterocycles. The zero-order valence-electron chi connectivity index (χ0n) is 20.3. The van der Waals surface area contributed by atoms with Gasteiger partial charge >= 0.3 is 0 Å². The van der Waals surface area contributed by atoms with Crippen LogP contribution < -0.4 is 15.0 Å². The Morgan fingerprint density at radius 2 is 1.94 bits per heavy atom. The van der Waals surface area contributed by atoms with Crippen molar-refractivity contribution in [3.05, 3.63) is 83.0 Å². The summed E-state index contributed by atoms with van der Waals surface area (Å²) in [5.41, 5.74) is 5.49. The average Bonchev–Trinajstić information content (AvgIpc) is 3.52.